The average Bonchev–Trinajstić information content (AvgIpc) is 2.19. The van der Waals surface area contributed by atoms with Crippen molar-refractivity contribution in [2.75, 3.05) is 0 Å². The molecule has 0 aromatic heterocycles. The van der Waals surface area contributed by atoms with Crippen molar-refractivity contribution >= 4 is 6.41 Å². The molecular weight excluding hydrogens is 162 g/mol. The molecule has 0 bridgehead atoms. The maximum absolute atomic E-state index is 8.58. The summed E-state index contributed by atoms with van der Waals surface area (Å²) in [5, 5.41) is 0. The van der Waals surface area contributed by atoms with E-state index >= 15 is 0 Å². The Labute approximate surface area is 79.8 Å². The van der Waals surface area contributed by atoms with E-state index in [1.165, 1.54) is 11.1 Å². The Bertz CT molecular complexity index is 223. The highest BCUT2D eigenvalue weighted by Gasteiger charge is 1.93. The van der Waals surface area contributed by atoms with Gasteiger partial charge in [-0.05, 0) is 24.0 Å². The standard InChI is InChI=1S/C10H14.CH3NO/c1-3-9-7-5-6-8-10(9)4-2;2-1-3/h5-8H,3-4H2,1-2H3;1H,(H2,2,3). The van der Waals surface area contributed by atoms with Gasteiger partial charge in [-0.15, -0.1) is 0 Å². The summed E-state index contributed by atoms with van der Waals surface area (Å²) in [4.78, 5) is 8.58. The first-order chi connectivity index (χ1) is 6.29. The minimum atomic E-state index is 0.250. The smallest absolute Gasteiger partial charge is 0.204 e. The number of amides is 1. The summed E-state index contributed by atoms with van der Waals surface area (Å²) in [6.45, 7) is 4.41. The highest BCUT2D eigenvalue weighted by atomic mass is 16.1. The fourth-order valence-corrected chi connectivity index (χ4v) is 1.25. The van der Waals surface area contributed by atoms with E-state index in [1.54, 1.807) is 0 Å². The van der Waals surface area contributed by atoms with Crippen LogP contribution in [-0.2, 0) is 17.6 Å². The van der Waals surface area contributed by atoms with Crippen LogP contribution in [0.1, 0.15) is 25.0 Å². The lowest BCUT2D eigenvalue weighted by Crippen LogP contribution is -1.88. The fraction of sp³-hybridized carbons (Fsp3) is 0.364. The Morgan fingerprint density at radius 3 is 1.69 bits per heavy atom. The number of carbonyl (C=O) groups excluding carboxylic acids is 1. The normalized spacial score (nSPS) is 8.46. The summed E-state index contributed by atoms with van der Waals surface area (Å²) in [7, 11) is 0. The van der Waals surface area contributed by atoms with E-state index in [4.69, 9.17) is 4.79 Å². The first-order valence-electron chi connectivity index (χ1n) is 4.52. The van der Waals surface area contributed by atoms with Gasteiger partial charge >= 0.3 is 0 Å². The maximum atomic E-state index is 8.58. The van der Waals surface area contributed by atoms with Crippen molar-refractivity contribution in [3.63, 3.8) is 0 Å². The lowest BCUT2D eigenvalue weighted by Gasteiger charge is -2.02. The summed E-state index contributed by atoms with van der Waals surface area (Å²) >= 11 is 0. The molecule has 0 fully saturated rings. The zero-order chi connectivity index (χ0) is 10.1. The molecule has 72 valence electrons. The molecule has 0 spiro atoms. The molecule has 0 unspecified atom stereocenters. The van der Waals surface area contributed by atoms with Gasteiger partial charge in [-0.25, -0.2) is 0 Å². The molecule has 1 aromatic rings. The SMILES string of the molecule is CCc1ccccc1CC.NC=O. The first kappa shape index (κ1) is 11.7. The first-order valence-corrected chi connectivity index (χ1v) is 4.52. The van der Waals surface area contributed by atoms with Gasteiger partial charge in [0.15, 0.2) is 0 Å². The van der Waals surface area contributed by atoms with Crippen LogP contribution in [0.5, 0.6) is 0 Å². The molecule has 1 amide bonds. The van der Waals surface area contributed by atoms with E-state index in [9.17, 15) is 0 Å². The third kappa shape index (κ3) is 4.31. The Hall–Kier alpha value is -1.31. The van der Waals surface area contributed by atoms with Crippen LogP contribution in [0.25, 0.3) is 0 Å². The Balaban J connectivity index is 0.000000424. The molecule has 0 heterocycles. The van der Waals surface area contributed by atoms with E-state index in [1.807, 2.05) is 0 Å². The summed E-state index contributed by atoms with van der Waals surface area (Å²) in [6.07, 6.45) is 2.56. The van der Waals surface area contributed by atoms with E-state index < -0.39 is 0 Å². The molecule has 0 atom stereocenters. The van der Waals surface area contributed by atoms with Gasteiger partial charge in [-0.2, -0.15) is 0 Å². The van der Waals surface area contributed by atoms with Gasteiger partial charge in [0.1, 0.15) is 0 Å². The van der Waals surface area contributed by atoms with Gasteiger partial charge in [-0.1, -0.05) is 38.1 Å². The highest BCUT2D eigenvalue weighted by Crippen LogP contribution is 2.08. The zero-order valence-corrected chi connectivity index (χ0v) is 8.29. The summed E-state index contributed by atoms with van der Waals surface area (Å²) < 4.78 is 0. The summed E-state index contributed by atoms with van der Waals surface area (Å²) in [6, 6.07) is 8.63. The molecular formula is C11H17NO. The second-order valence-corrected chi connectivity index (χ2v) is 2.61. The molecule has 1 aromatic carbocycles. The predicted octanol–water partition coefficient (Wildman–Crippen LogP) is 1.91. The molecule has 0 saturated heterocycles. The Morgan fingerprint density at radius 1 is 1.15 bits per heavy atom. The molecule has 1 rings (SSSR count). The van der Waals surface area contributed by atoms with Crippen molar-refractivity contribution in [3.8, 4) is 0 Å². The van der Waals surface area contributed by atoms with E-state index in [0.29, 0.717) is 0 Å². The number of primary amides is 1. The van der Waals surface area contributed by atoms with Crippen LogP contribution in [0.15, 0.2) is 24.3 Å². The molecule has 2 N–H and O–H groups in total. The molecule has 0 aliphatic heterocycles. The zero-order valence-electron chi connectivity index (χ0n) is 8.29. The van der Waals surface area contributed by atoms with Gasteiger partial charge in [-0.3, -0.25) is 4.79 Å². The van der Waals surface area contributed by atoms with Crippen LogP contribution in [0.2, 0.25) is 0 Å². The van der Waals surface area contributed by atoms with E-state index in [2.05, 4.69) is 43.8 Å². The summed E-state index contributed by atoms with van der Waals surface area (Å²) in [5.41, 5.74) is 7.15. The second-order valence-electron chi connectivity index (χ2n) is 2.61. The van der Waals surface area contributed by atoms with Crippen LogP contribution in [0.4, 0.5) is 0 Å². The molecule has 0 radical (unpaired) electrons. The minimum absolute atomic E-state index is 0.250. The molecule has 0 aliphatic rings. The van der Waals surface area contributed by atoms with Gasteiger partial charge in [0.2, 0.25) is 6.41 Å². The van der Waals surface area contributed by atoms with Gasteiger partial charge in [0.25, 0.3) is 0 Å². The molecule has 13 heavy (non-hydrogen) atoms. The largest absolute Gasteiger partial charge is 0.372 e. The number of aryl methyl sites for hydroxylation is 2. The fourth-order valence-electron chi connectivity index (χ4n) is 1.25. The monoisotopic (exact) mass is 179 g/mol. The van der Waals surface area contributed by atoms with Crippen LogP contribution >= 0.6 is 0 Å². The lowest BCUT2D eigenvalue weighted by atomic mass is 10.0. The summed E-state index contributed by atoms with van der Waals surface area (Å²) in [5.74, 6) is 0. The van der Waals surface area contributed by atoms with Crippen LogP contribution in [0.3, 0.4) is 0 Å². The molecule has 0 saturated carbocycles. The molecule has 2 nitrogen and oxygen atoms in total. The van der Waals surface area contributed by atoms with Gasteiger partial charge in [0, 0.05) is 0 Å². The van der Waals surface area contributed by atoms with Crippen LogP contribution < -0.4 is 5.73 Å². The number of rotatable bonds is 2. The van der Waals surface area contributed by atoms with Gasteiger partial charge < -0.3 is 5.73 Å². The number of hydrogen-bond donors (Lipinski definition) is 1. The van der Waals surface area contributed by atoms with Crippen LogP contribution in [-0.4, -0.2) is 6.41 Å². The number of carbonyl (C=O) groups is 1. The molecule has 0 aliphatic carbocycles. The third-order valence-corrected chi connectivity index (χ3v) is 1.88. The lowest BCUT2D eigenvalue weighted by molar-refractivity contribution is -0.106. The number of nitrogens with two attached hydrogens (primary N) is 1. The third-order valence-electron chi connectivity index (χ3n) is 1.88. The van der Waals surface area contributed by atoms with Crippen molar-refractivity contribution in [3.05, 3.63) is 35.4 Å². The topological polar surface area (TPSA) is 43.1 Å². The van der Waals surface area contributed by atoms with Crippen molar-refractivity contribution in [2.24, 2.45) is 5.73 Å². The average molecular weight is 179 g/mol. The quantitative estimate of drug-likeness (QED) is 0.692. The van der Waals surface area contributed by atoms with Crippen LogP contribution in [0, 0.1) is 0 Å². The Morgan fingerprint density at radius 2 is 1.46 bits per heavy atom. The predicted molar refractivity (Wildman–Crippen MR) is 55.4 cm³/mol. The highest BCUT2D eigenvalue weighted by molar-refractivity contribution is 5.42. The van der Waals surface area contributed by atoms with Crippen molar-refractivity contribution < 1.29 is 4.79 Å². The maximum Gasteiger partial charge on any atom is 0.204 e. The Kier molecular flexibility index (Phi) is 6.60. The van der Waals surface area contributed by atoms with Crippen molar-refractivity contribution in [2.45, 2.75) is 26.7 Å². The van der Waals surface area contributed by atoms with E-state index in [0.717, 1.165) is 12.8 Å². The number of benzene rings is 1. The van der Waals surface area contributed by atoms with Gasteiger partial charge in [0.05, 0.1) is 0 Å². The molecule has 2 heteroatoms. The number of hydrogen-bond acceptors (Lipinski definition) is 1. The van der Waals surface area contributed by atoms with E-state index in [-0.39, 0.29) is 6.41 Å². The second kappa shape index (κ2) is 7.35. The minimum Gasteiger partial charge on any atom is -0.372 e. The van der Waals surface area contributed by atoms with Crippen molar-refractivity contribution in [1.29, 1.82) is 0 Å². The van der Waals surface area contributed by atoms with Crippen molar-refractivity contribution in [1.82, 2.24) is 0 Å².